The first-order valence-corrected chi connectivity index (χ1v) is 7.79. The summed E-state index contributed by atoms with van der Waals surface area (Å²) in [7, 11) is 0. The van der Waals surface area contributed by atoms with Crippen molar-refractivity contribution < 1.29 is 26.7 Å². The summed E-state index contributed by atoms with van der Waals surface area (Å²) in [5, 5.41) is 4.57. The highest BCUT2D eigenvalue weighted by Crippen LogP contribution is 2.51. The predicted octanol–water partition coefficient (Wildman–Crippen LogP) is -0.415. The number of carbonyl (C=O) groups excluding carboxylic acids is 2. The van der Waals surface area contributed by atoms with Crippen LogP contribution in [0.4, 0.5) is 10.0 Å². The number of nitrogens with one attached hydrogen (secondary N) is 1. The largest absolute Gasteiger partial charge is 1.00 e. The van der Waals surface area contributed by atoms with Crippen molar-refractivity contribution in [2.24, 2.45) is 0 Å². The van der Waals surface area contributed by atoms with E-state index in [0.29, 0.717) is 23.1 Å². The molecule has 7 heteroatoms. The minimum Gasteiger partial charge on any atom is -1.00 e. The van der Waals surface area contributed by atoms with E-state index >= 15 is 0 Å². The van der Waals surface area contributed by atoms with Gasteiger partial charge in [-0.2, -0.15) is 0 Å². The molecule has 1 amide bonds. The van der Waals surface area contributed by atoms with E-state index in [1.807, 2.05) is 0 Å². The molecule has 3 aliphatic rings. The van der Waals surface area contributed by atoms with Crippen molar-refractivity contribution in [3.05, 3.63) is 11.1 Å². The minimum absolute atomic E-state index is 0. The number of ether oxygens (including phenoxy) is 1. The van der Waals surface area contributed by atoms with E-state index in [2.05, 4.69) is 10.2 Å². The Labute approximate surface area is 134 Å². The Morgan fingerprint density at radius 3 is 2.62 bits per heavy atom. The summed E-state index contributed by atoms with van der Waals surface area (Å²) in [6, 6.07) is 0. The fourth-order valence-corrected chi connectivity index (χ4v) is 4.44. The minimum atomic E-state index is -0.317. The second kappa shape index (κ2) is 6.23. The van der Waals surface area contributed by atoms with Gasteiger partial charge in [-0.1, -0.05) is 11.3 Å². The number of halogens is 1. The first kappa shape index (κ1) is 16.1. The maximum Gasteiger partial charge on any atom is 0.341 e. The molecule has 0 unspecified atom stereocenters. The van der Waals surface area contributed by atoms with E-state index in [9.17, 15) is 9.59 Å². The zero-order valence-corrected chi connectivity index (χ0v) is 13.6. The van der Waals surface area contributed by atoms with Gasteiger partial charge in [0.15, 0.2) is 0 Å². The van der Waals surface area contributed by atoms with E-state index in [0.717, 1.165) is 36.5 Å². The highest BCUT2D eigenvalue weighted by molar-refractivity contribution is 7.20. The van der Waals surface area contributed by atoms with Gasteiger partial charge in [-0.3, -0.25) is 4.79 Å². The topological polar surface area (TPSA) is 58.6 Å². The number of hydrogen-bond donors (Lipinski definition) is 1. The molecule has 0 radical (unpaired) electrons. The summed E-state index contributed by atoms with van der Waals surface area (Å²) in [5.74, 6) is -0.0489. The molecule has 4 heterocycles. The zero-order chi connectivity index (χ0) is 14.3. The Bertz CT molecular complexity index is 565. The molecule has 0 aliphatic carbocycles. The lowest BCUT2D eigenvalue weighted by atomic mass is 9.84. The van der Waals surface area contributed by atoms with Crippen LogP contribution in [0.5, 0.6) is 0 Å². The Morgan fingerprint density at radius 2 is 2.05 bits per heavy atom. The molecule has 1 saturated heterocycles. The van der Waals surface area contributed by atoms with Gasteiger partial charge in [0, 0.05) is 25.6 Å². The van der Waals surface area contributed by atoms with Crippen molar-refractivity contribution in [1.29, 1.82) is 0 Å². The second-order valence-electron chi connectivity index (χ2n) is 5.19. The molecule has 0 saturated carbocycles. The number of amides is 1. The molecule has 2 bridgehead atoms. The van der Waals surface area contributed by atoms with E-state index in [1.165, 1.54) is 18.3 Å². The normalized spacial score (nSPS) is 16.2. The van der Waals surface area contributed by atoms with Gasteiger partial charge in [-0.25, -0.2) is 4.79 Å². The third-order valence-corrected chi connectivity index (χ3v) is 5.07. The van der Waals surface area contributed by atoms with Crippen LogP contribution in [-0.4, -0.2) is 31.6 Å². The molecule has 1 fully saturated rings. The number of rotatable bonds is 3. The molecule has 4 rings (SSSR count). The Hall–Kier alpha value is -1.27. The second-order valence-corrected chi connectivity index (χ2v) is 6.19. The number of hydrogen-bond acceptors (Lipinski definition) is 5. The van der Waals surface area contributed by atoms with Gasteiger partial charge in [-0.05, 0) is 25.7 Å². The lowest BCUT2D eigenvalue weighted by molar-refractivity contribution is -0.114. The smallest absolute Gasteiger partial charge is 0.341 e. The number of carbonyl (C=O) groups is 2. The van der Waals surface area contributed by atoms with Crippen molar-refractivity contribution in [2.45, 2.75) is 32.6 Å². The molecule has 3 aliphatic heterocycles. The van der Waals surface area contributed by atoms with Gasteiger partial charge in [0.25, 0.3) is 0 Å². The Kier molecular flexibility index (Phi) is 4.78. The molecular formula is C14H18ClN2O3S-. The van der Waals surface area contributed by atoms with Gasteiger partial charge in [0.05, 0.1) is 17.2 Å². The van der Waals surface area contributed by atoms with Crippen LogP contribution >= 0.6 is 11.3 Å². The summed E-state index contributed by atoms with van der Waals surface area (Å²) < 4.78 is 5.18. The number of thiophene rings is 1. The summed E-state index contributed by atoms with van der Waals surface area (Å²) in [6.07, 6.45) is 2.16. The van der Waals surface area contributed by atoms with Crippen molar-refractivity contribution in [1.82, 2.24) is 0 Å². The summed E-state index contributed by atoms with van der Waals surface area (Å²) >= 11 is 1.50. The zero-order valence-electron chi connectivity index (χ0n) is 12.1. The van der Waals surface area contributed by atoms with E-state index in [1.54, 1.807) is 6.92 Å². The average Bonchev–Trinajstić information content (AvgIpc) is 2.80. The quantitative estimate of drug-likeness (QED) is 0.766. The highest BCUT2D eigenvalue weighted by atomic mass is 35.5. The molecule has 1 aromatic rings. The van der Waals surface area contributed by atoms with Gasteiger partial charge >= 0.3 is 5.97 Å². The molecular weight excluding hydrogens is 312 g/mol. The van der Waals surface area contributed by atoms with Gasteiger partial charge in [-0.15, -0.1) is 0 Å². The van der Waals surface area contributed by atoms with E-state index in [4.69, 9.17) is 4.74 Å². The molecule has 21 heavy (non-hydrogen) atoms. The molecule has 0 spiro atoms. The average molecular weight is 330 g/mol. The summed E-state index contributed by atoms with van der Waals surface area (Å²) in [6.45, 7) is 5.68. The molecule has 1 aromatic heterocycles. The Balaban J connectivity index is 0.00000161. The maximum atomic E-state index is 12.3. The van der Waals surface area contributed by atoms with Gasteiger partial charge in [0.1, 0.15) is 5.00 Å². The third kappa shape index (κ3) is 2.74. The van der Waals surface area contributed by atoms with Crippen LogP contribution in [0.3, 0.4) is 0 Å². The van der Waals surface area contributed by atoms with Crippen LogP contribution in [-0.2, 0) is 9.53 Å². The Morgan fingerprint density at radius 1 is 1.38 bits per heavy atom. The lowest BCUT2D eigenvalue weighted by Crippen LogP contribution is -3.00. The number of piperidine rings is 1. The predicted molar refractivity (Wildman–Crippen MR) is 78.8 cm³/mol. The molecule has 5 nitrogen and oxygen atoms in total. The fourth-order valence-electron chi connectivity index (χ4n) is 3.07. The van der Waals surface area contributed by atoms with Gasteiger partial charge in [0.2, 0.25) is 5.91 Å². The van der Waals surface area contributed by atoms with Crippen molar-refractivity contribution in [3.8, 4) is 0 Å². The van der Waals surface area contributed by atoms with Crippen molar-refractivity contribution >= 4 is 33.2 Å². The van der Waals surface area contributed by atoms with Crippen LogP contribution in [0.25, 0.3) is 0 Å². The summed E-state index contributed by atoms with van der Waals surface area (Å²) in [4.78, 5) is 26.0. The molecule has 0 aromatic carbocycles. The SMILES string of the molecule is CCOC(=O)c1c(NC(C)=O)sc2c1C1CCN2CC1.[Cl-]. The molecule has 1 N–H and O–H groups in total. The highest BCUT2D eigenvalue weighted by Gasteiger charge is 2.38. The fraction of sp³-hybridized carbons (Fsp3) is 0.571. The van der Waals surface area contributed by atoms with Crippen molar-refractivity contribution in [3.63, 3.8) is 0 Å². The monoisotopic (exact) mass is 329 g/mol. The first-order chi connectivity index (χ1) is 9.61. The van der Waals surface area contributed by atoms with Crippen LogP contribution in [0.1, 0.15) is 48.5 Å². The number of fused-ring (bicyclic) bond motifs is 2. The number of nitrogens with zero attached hydrogens (tertiary/aromatic N) is 1. The van der Waals surface area contributed by atoms with E-state index < -0.39 is 0 Å². The van der Waals surface area contributed by atoms with Crippen LogP contribution in [0.2, 0.25) is 0 Å². The van der Waals surface area contributed by atoms with Crippen molar-refractivity contribution in [2.75, 3.05) is 29.9 Å². The standard InChI is InChI=1S/C14H18N2O3S.ClH/c1-3-19-14(18)11-10-9-4-6-16(7-5-9)13(10)20-12(11)15-8(2)17;/h9H,3-7H2,1-2H3,(H,15,17);1H/p-1. The molecule has 0 atom stereocenters. The van der Waals surface area contributed by atoms with Crippen LogP contribution in [0, 0.1) is 0 Å². The number of esters is 1. The third-order valence-electron chi connectivity index (χ3n) is 3.89. The maximum absolute atomic E-state index is 12.3. The van der Waals surface area contributed by atoms with Crippen LogP contribution in [0.15, 0.2) is 0 Å². The van der Waals surface area contributed by atoms with Crippen LogP contribution < -0.4 is 22.6 Å². The van der Waals surface area contributed by atoms with Gasteiger partial charge < -0.3 is 27.4 Å². The van der Waals surface area contributed by atoms with E-state index in [-0.39, 0.29) is 24.3 Å². The summed E-state index contributed by atoms with van der Waals surface area (Å²) in [5.41, 5.74) is 1.67. The lowest BCUT2D eigenvalue weighted by Gasteiger charge is -2.40. The first-order valence-electron chi connectivity index (χ1n) is 6.98. The number of anilines is 2. The molecule has 116 valence electrons.